The van der Waals surface area contributed by atoms with Gasteiger partial charge in [-0.05, 0) is 6.42 Å². The molecule has 0 bridgehead atoms. The molecule has 1 saturated heterocycles. The Morgan fingerprint density at radius 3 is 2.71 bits per heavy atom. The van der Waals surface area contributed by atoms with Gasteiger partial charge in [-0.2, -0.15) is 0 Å². The highest BCUT2D eigenvalue weighted by atomic mass is 16.5. The molecule has 4 heteroatoms. The van der Waals surface area contributed by atoms with Gasteiger partial charge in [-0.15, -0.1) is 0 Å². The summed E-state index contributed by atoms with van der Waals surface area (Å²) in [6.45, 7) is 4.30. The van der Waals surface area contributed by atoms with E-state index < -0.39 is 0 Å². The molecule has 80 valence electrons. The number of carbonyl (C=O) groups is 2. The van der Waals surface area contributed by atoms with Crippen molar-refractivity contribution in [2.24, 2.45) is 11.3 Å². The van der Waals surface area contributed by atoms with Crippen LogP contribution < -0.4 is 5.32 Å². The third-order valence-corrected chi connectivity index (χ3v) is 3.22. The molecule has 0 aromatic rings. The highest BCUT2D eigenvalue weighted by Gasteiger charge is 2.44. The fraction of sp³-hybridized carbons (Fsp3) is 0.800. The van der Waals surface area contributed by atoms with Crippen LogP contribution in [0, 0.1) is 11.3 Å². The molecule has 0 aromatic heterocycles. The third-order valence-electron chi connectivity index (χ3n) is 3.22. The highest BCUT2D eigenvalue weighted by Crippen LogP contribution is 2.38. The van der Waals surface area contributed by atoms with Crippen LogP contribution in [0.25, 0.3) is 0 Å². The van der Waals surface area contributed by atoms with Crippen molar-refractivity contribution in [3.8, 4) is 0 Å². The lowest BCUT2D eigenvalue weighted by Gasteiger charge is -2.39. The van der Waals surface area contributed by atoms with E-state index in [1.807, 2.05) is 13.8 Å². The van der Waals surface area contributed by atoms with Gasteiger partial charge in [0, 0.05) is 24.9 Å². The van der Waals surface area contributed by atoms with Crippen LogP contribution in [0.1, 0.15) is 26.7 Å². The molecule has 1 heterocycles. The van der Waals surface area contributed by atoms with Crippen molar-refractivity contribution in [2.75, 3.05) is 13.7 Å². The van der Waals surface area contributed by atoms with Crippen LogP contribution in [0.3, 0.4) is 0 Å². The van der Waals surface area contributed by atoms with Crippen molar-refractivity contribution in [1.82, 2.24) is 5.32 Å². The van der Waals surface area contributed by atoms with Crippen molar-refractivity contribution in [1.29, 1.82) is 0 Å². The molecule has 1 aliphatic rings. The van der Waals surface area contributed by atoms with Crippen molar-refractivity contribution in [3.05, 3.63) is 0 Å². The molecule has 1 aliphatic heterocycles. The first-order valence-electron chi connectivity index (χ1n) is 4.88. The summed E-state index contributed by atoms with van der Waals surface area (Å²) in [6.07, 6.45) is 1.16. The molecule has 1 N–H and O–H groups in total. The molecular formula is C10H17NO3. The number of piperidine rings is 1. The molecule has 2 amide bonds. The number of ether oxygens (including phenoxy) is 1. The second-order valence-corrected chi connectivity index (χ2v) is 3.96. The van der Waals surface area contributed by atoms with Crippen LogP contribution in [-0.4, -0.2) is 25.5 Å². The third kappa shape index (κ3) is 1.80. The summed E-state index contributed by atoms with van der Waals surface area (Å²) in [5.41, 5.74) is -0.311. The number of carbonyl (C=O) groups excluding carboxylic acids is 2. The van der Waals surface area contributed by atoms with E-state index in [0.717, 1.165) is 6.42 Å². The molecule has 1 rings (SSSR count). The molecule has 0 radical (unpaired) electrons. The van der Waals surface area contributed by atoms with Gasteiger partial charge in [0.05, 0.1) is 6.61 Å². The van der Waals surface area contributed by atoms with E-state index in [-0.39, 0.29) is 23.1 Å². The summed E-state index contributed by atoms with van der Waals surface area (Å²) in [5.74, 6) is -0.530. The Morgan fingerprint density at radius 2 is 2.21 bits per heavy atom. The minimum absolute atomic E-state index is 0.162. The number of hydrogen-bond donors (Lipinski definition) is 1. The maximum absolute atomic E-state index is 11.5. The number of hydrogen-bond acceptors (Lipinski definition) is 3. The lowest BCUT2D eigenvalue weighted by molar-refractivity contribution is -0.146. The maximum Gasteiger partial charge on any atom is 0.230 e. The Hall–Kier alpha value is -0.900. The second-order valence-electron chi connectivity index (χ2n) is 3.96. The Labute approximate surface area is 84.0 Å². The summed E-state index contributed by atoms with van der Waals surface area (Å²) in [6, 6.07) is 0. The molecule has 0 aliphatic carbocycles. The topological polar surface area (TPSA) is 55.4 Å². The molecule has 0 spiro atoms. The predicted molar refractivity (Wildman–Crippen MR) is 51.5 cm³/mol. The molecule has 1 fully saturated rings. The molecule has 0 saturated carbocycles. The summed E-state index contributed by atoms with van der Waals surface area (Å²) in [7, 11) is 1.60. The zero-order chi connectivity index (χ0) is 10.8. The molecule has 0 aromatic carbocycles. The van der Waals surface area contributed by atoms with Crippen LogP contribution in [0.2, 0.25) is 0 Å². The average Bonchev–Trinajstić information content (AvgIpc) is 2.14. The Kier molecular flexibility index (Phi) is 3.26. The van der Waals surface area contributed by atoms with E-state index in [4.69, 9.17) is 4.74 Å². The Morgan fingerprint density at radius 1 is 1.57 bits per heavy atom. The van der Waals surface area contributed by atoms with Crippen molar-refractivity contribution >= 4 is 11.8 Å². The highest BCUT2D eigenvalue weighted by molar-refractivity contribution is 5.99. The molecule has 2 unspecified atom stereocenters. The molecule has 4 nitrogen and oxygen atoms in total. The van der Waals surface area contributed by atoms with Crippen LogP contribution >= 0.6 is 0 Å². The summed E-state index contributed by atoms with van der Waals surface area (Å²) < 4.78 is 5.11. The molecular weight excluding hydrogens is 182 g/mol. The Balaban J connectivity index is 2.90. The van der Waals surface area contributed by atoms with Gasteiger partial charge < -0.3 is 4.74 Å². The first-order chi connectivity index (χ1) is 6.55. The average molecular weight is 199 g/mol. The van der Waals surface area contributed by atoms with Gasteiger partial charge in [-0.3, -0.25) is 14.9 Å². The minimum atomic E-state index is -0.311. The van der Waals surface area contributed by atoms with Crippen LogP contribution in [0.15, 0.2) is 0 Å². The summed E-state index contributed by atoms with van der Waals surface area (Å²) in [4.78, 5) is 22.7. The van der Waals surface area contributed by atoms with Crippen LogP contribution in [0.5, 0.6) is 0 Å². The van der Waals surface area contributed by atoms with Gasteiger partial charge >= 0.3 is 0 Å². The van der Waals surface area contributed by atoms with Gasteiger partial charge in [-0.25, -0.2) is 0 Å². The number of methoxy groups -OCH3 is 1. The zero-order valence-corrected chi connectivity index (χ0v) is 8.92. The summed E-state index contributed by atoms with van der Waals surface area (Å²) in [5, 5.41) is 2.34. The smallest absolute Gasteiger partial charge is 0.230 e. The van der Waals surface area contributed by atoms with Gasteiger partial charge in [0.2, 0.25) is 11.8 Å². The van der Waals surface area contributed by atoms with E-state index in [1.54, 1.807) is 7.11 Å². The number of nitrogens with one attached hydrogen (secondary N) is 1. The van der Waals surface area contributed by atoms with Crippen molar-refractivity contribution in [2.45, 2.75) is 26.7 Å². The summed E-state index contributed by atoms with van der Waals surface area (Å²) >= 11 is 0. The molecule has 2 atom stereocenters. The van der Waals surface area contributed by atoms with Gasteiger partial charge in [-0.1, -0.05) is 13.8 Å². The lowest BCUT2D eigenvalue weighted by atomic mass is 9.69. The van der Waals surface area contributed by atoms with E-state index in [1.165, 1.54) is 0 Å². The van der Waals surface area contributed by atoms with E-state index in [2.05, 4.69) is 5.32 Å². The lowest BCUT2D eigenvalue weighted by Crippen LogP contribution is -2.52. The fourth-order valence-electron chi connectivity index (χ4n) is 2.04. The van der Waals surface area contributed by atoms with Crippen molar-refractivity contribution < 1.29 is 14.3 Å². The number of imide groups is 1. The standard InChI is InChI=1S/C10H17NO3/c1-4-10(6-14-3)5-8(12)11-9(13)7(10)2/h7H,4-6H2,1-3H3,(H,11,12,13). The van der Waals surface area contributed by atoms with Crippen LogP contribution in [-0.2, 0) is 14.3 Å². The number of rotatable bonds is 3. The first kappa shape index (κ1) is 11.2. The van der Waals surface area contributed by atoms with E-state index in [9.17, 15) is 9.59 Å². The fourth-order valence-corrected chi connectivity index (χ4v) is 2.04. The first-order valence-corrected chi connectivity index (χ1v) is 4.88. The monoisotopic (exact) mass is 199 g/mol. The number of amides is 2. The van der Waals surface area contributed by atoms with Gasteiger partial charge in [0.15, 0.2) is 0 Å². The van der Waals surface area contributed by atoms with Crippen LogP contribution in [0.4, 0.5) is 0 Å². The molecule has 14 heavy (non-hydrogen) atoms. The van der Waals surface area contributed by atoms with E-state index >= 15 is 0 Å². The second kappa shape index (κ2) is 4.09. The SMILES string of the molecule is CCC1(COC)CC(=O)NC(=O)C1C. The van der Waals surface area contributed by atoms with Crippen molar-refractivity contribution in [3.63, 3.8) is 0 Å². The maximum atomic E-state index is 11.5. The van der Waals surface area contributed by atoms with Gasteiger partial charge in [0.25, 0.3) is 0 Å². The predicted octanol–water partition coefficient (Wildman–Crippen LogP) is 0.712. The Bertz CT molecular complexity index is 252. The minimum Gasteiger partial charge on any atom is -0.384 e. The quantitative estimate of drug-likeness (QED) is 0.681. The van der Waals surface area contributed by atoms with Gasteiger partial charge in [0.1, 0.15) is 0 Å². The largest absolute Gasteiger partial charge is 0.384 e. The van der Waals surface area contributed by atoms with E-state index in [0.29, 0.717) is 13.0 Å². The normalized spacial score (nSPS) is 32.9. The zero-order valence-electron chi connectivity index (χ0n) is 8.92.